The highest BCUT2D eigenvalue weighted by molar-refractivity contribution is 5.74. The Hall–Kier alpha value is -1.62. The van der Waals surface area contributed by atoms with Crippen molar-refractivity contribution in [2.24, 2.45) is 5.92 Å². The number of aliphatic hydroxyl groups is 1. The summed E-state index contributed by atoms with van der Waals surface area (Å²) in [5, 5.41) is 14.3. The van der Waals surface area contributed by atoms with Crippen molar-refractivity contribution in [3.8, 4) is 0 Å². The highest BCUT2D eigenvalue weighted by atomic mass is 19.1. The fraction of sp³-hybridized carbons (Fsp3) is 0.533. The molecule has 1 atom stereocenters. The summed E-state index contributed by atoms with van der Waals surface area (Å²) in [7, 11) is 0. The van der Waals surface area contributed by atoms with Gasteiger partial charge in [-0.2, -0.15) is 0 Å². The van der Waals surface area contributed by atoms with Crippen LogP contribution in [0, 0.1) is 11.7 Å². The van der Waals surface area contributed by atoms with E-state index in [9.17, 15) is 9.18 Å². The van der Waals surface area contributed by atoms with Gasteiger partial charge < -0.3 is 15.7 Å². The summed E-state index contributed by atoms with van der Waals surface area (Å²) in [6, 6.07) is 5.90. The van der Waals surface area contributed by atoms with Gasteiger partial charge in [0.2, 0.25) is 0 Å². The van der Waals surface area contributed by atoms with Crippen LogP contribution in [0.25, 0.3) is 0 Å². The SMILES string of the molecule is O=C(NCCO)NC(c1ccc(F)cc1)C1CCCC1. The molecule has 1 fully saturated rings. The summed E-state index contributed by atoms with van der Waals surface area (Å²) in [6.45, 7) is 0.144. The second-order valence-corrected chi connectivity index (χ2v) is 5.20. The van der Waals surface area contributed by atoms with Crippen LogP contribution in [0.3, 0.4) is 0 Å². The number of hydrogen-bond acceptors (Lipinski definition) is 2. The maximum atomic E-state index is 13.0. The van der Waals surface area contributed by atoms with Crippen LogP contribution < -0.4 is 10.6 Å². The van der Waals surface area contributed by atoms with Gasteiger partial charge in [0.25, 0.3) is 0 Å². The molecule has 1 aromatic rings. The lowest BCUT2D eigenvalue weighted by Crippen LogP contribution is -2.41. The summed E-state index contributed by atoms with van der Waals surface area (Å²) in [6.07, 6.45) is 4.48. The summed E-state index contributed by atoms with van der Waals surface area (Å²) in [4.78, 5) is 11.8. The molecule has 110 valence electrons. The van der Waals surface area contributed by atoms with E-state index in [1.165, 1.54) is 25.0 Å². The van der Waals surface area contributed by atoms with Crippen LogP contribution in [0.5, 0.6) is 0 Å². The van der Waals surface area contributed by atoms with Gasteiger partial charge in [-0.05, 0) is 36.5 Å². The highest BCUT2D eigenvalue weighted by Crippen LogP contribution is 2.35. The number of halogens is 1. The van der Waals surface area contributed by atoms with E-state index in [1.54, 1.807) is 12.1 Å². The van der Waals surface area contributed by atoms with Crippen molar-refractivity contribution in [2.45, 2.75) is 31.7 Å². The lowest BCUT2D eigenvalue weighted by atomic mass is 9.92. The second kappa shape index (κ2) is 7.24. The number of benzene rings is 1. The zero-order valence-electron chi connectivity index (χ0n) is 11.4. The molecule has 3 N–H and O–H groups in total. The Bertz CT molecular complexity index is 430. The topological polar surface area (TPSA) is 61.4 Å². The van der Waals surface area contributed by atoms with Gasteiger partial charge >= 0.3 is 6.03 Å². The maximum absolute atomic E-state index is 13.0. The van der Waals surface area contributed by atoms with Crippen LogP contribution in [0.1, 0.15) is 37.3 Å². The molecule has 2 amide bonds. The third kappa shape index (κ3) is 3.93. The Morgan fingerprint density at radius 2 is 1.95 bits per heavy atom. The van der Waals surface area contributed by atoms with Gasteiger partial charge in [0, 0.05) is 6.54 Å². The van der Waals surface area contributed by atoms with Crippen molar-refractivity contribution >= 4 is 6.03 Å². The number of amides is 2. The average molecular weight is 280 g/mol. The van der Waals surface area contributed by atoms with Gasteiger partial charge in [-0.15, -0.1) is 0 Å². The lowest BCUT2D eigenvalue weighted by Gasteiger charge is -2.25. The largest absolute Gasteiger partial charge is 0.395 e. The smallest absolute Gasteiger partial charge is 0.315 e. The molecule has 5 heteroatoms. The van der Waals surface area contributed by atoms with Crippen molar-refractivity contribution in [2.75, 3.05) is 13.2 Å². The third-order valence-corrected chi connectivity index (χ3v) is 3.78. The average Bonchev–Trinajstić information content (AvgIpc) is 2.97. The Balaban J connectivity index is 2.07. The van der Waals surface area contributed by atoms with E-state index in [-0.39, 0.29) is 31.0 Å². The molecule has 0 spiro atoms. The van der Waals surface area contributed by atoms with E-state index in [0.29, 0.717) is 5.92 Å². The summed E-state index contributed by atoms with van der Waals surface area (Å²) in [5.74, 6) is 0.115. The first kappa shape index (κ1) is 14.8. The predicted octanol–water partition coefficient (Wildman–Crippen LogP) is 2.35. The van der Waals surface area contributed by atoms with E-state index >= 15 is 0 Å². The van der Waals surface area contributed by atoms with Crippen LogP contribution in [0.4, 0.5) is 9.18 Å². The Morgan fingerprint density at radius 3 is 2.55 bits per heavy atom. The number of carbonyl (C=O) groups excluding carboxylic acids is 1. The second-order valence-electron chi connectivity index (χ2n) is 5.20. The molecule has 20 heavy (non-hydrogen) atoms. The first-order valence-electron chi connectivity index (χ1n) is 7.11. The first-order chi connectivity index (χ1) is 9.70. The van der Waals surface area contributed by atoms with E-state index in [1.807, 2.05) is 0 Å². The predicted molar refractivity (Wildman–Crippen MR) is 74.7 cm³/mol. The van der Waals surface area contributed by atoms with E-state index in [0.717, 1.165) is 18.4 Å². The Labute approximate surface area is 118 Å². The van der Waals surface area contributed by atoms with Gasteiger partial charge in [0.05, 0.1) is 12.6 Å². The van der Waals surface area contributed by atoms with Crippen LogP contribution in [0.2, 0.25) is 0 Å². The number of urea groups is 1. The van der Waals surface area contributed by atoms with Gasteiger partial charge in [0.15, 0.2) is 0 Å². The molecule has 0 radical (unpaired) electrons. The molecule has 0 bridgehead atoms. The van der Waals surface area contributed by atoms with Crippen molar-refractivity contribution in [1.82, 2.24) is 10.6 Å². The van der Waals surface area contributed by atoms with Crippen LogP contribution in [-0.2, 0) is 0 Å². The van der Waals surface area contributed by atoms with E-state index < -0.39 is 0 Å². The van der Waals surface area contributed by atoms with Crippen LogP contribution in [0.15, 0.2) is 24.3 Å². The molecule has 1 unspecified atom stereocenters. The minimum absolute atomic E-state index is 0.0853. The molecule has 0 saturated heterocycles. The molecule has 4 nitrogen and oxygen atoms in total. The highest BCUT2D eigenvalue weighted by Gasteiger charge is 2.27. The minimum atomic E-state index is -0.291. The fourth-order valence-corrected chi connectivity index (χ4v) is 2.80. The zero-order chi connectivity index (χ0) is 14.4. The molecule has 0 aliphatic heterocycles. The fourth-order valence-electron chi connectivity index (χ4n) is 2.80. The lowest BCUT2D eigenvalue weighted by molar-refractivity contribution is 0.225. The quantitative estimate of drug-likeness (QED) is 0.775. The Morgan fingerprint density at radius 1 is 1.30 bits per heavy atom. The first-order valence-corrected chi connectivity index (χ1v) is 7.11. The summed E-state index contributed by atoms with van der Waals surface area (Å²) < 4.78 is 13.0. The third-order valence-electron chi connectivity index (χ3n) is 3.78. The van der Waals surface area contributed by atoms with E-state index in [4.69, 9.17) is 5.11 Å². The summed E-state index contributed by atoms with van der Waals surface area (Å²) >= 11 is 0. The van der Waals surface area contributed by atoms with Gasteiger partial charge in [-0.3, -0.25) is 0 Å². The van der Waals surface area contributed by atoms with Crippen molar-refractivity contribution < 1.29 is 14.3 Å². The zero-order valence-corrected chi connectivity index (χ0v) is 11.4. The molecular formula is C15H21FN2O2. The summed E-state index contributed by atoms with van der Waals surface area (Å²) in [5.41, 5.74) is 0.928. The number of nitrogens with one attached hydrogen (secondary N) is 2. The minimum Gasteiger partial charge on any atom is -0.395 e. The Kier molecular flexibility index (Phi) is 5.35. The molecule has 1 aliphatic rings. The van der Waals surface area contributed by atoms with Gasteiger partial charge in [-0.1, -0.05) is 25.0 Å². The molecule has 0 heterocycles. The normalized spacial score (nSPS) is 16.9. The van der Waals surface area contributed by atoms with Crippen LogP contribution in [-0.4, -0.2) is 24.3 Å². The maximum Gasteiger partial charge on any atom is 0.315 e. The molecule has 1 aliphatic carbocycles. The van der Waals surface area contributed by atoms with Gasteiger partial charge in [-0.25, -0.2) is 9.18 Å². The molecule has 0 aromatic heterocycles. The molecule has 1 saturated carbocycles. The van der Waals surface area contributed by atoms with Crippen molar-refractivity contribution in [1.29, 1.82) is 0 Å². The number of aliphatic hydroxyl groups excluding tert-OH is 1. The monoisotopic (exact) mass is 280 g/mol. The number of hydrogen-bond donors (Lipinski definition) is 3. The van der Waals surface area contributed by atoms with Crippen LogP contribution >= 0.6 is 0 Å². The van der Waals surface area contributed by atoms with Gasteiger partial charge in [0.1, 0.15) is 5.82 Å². The van der Waals surface area contributed by atoms with E-state index in [2.05, 4.69) is 10.6 Å². The number of carbonyl (C=O) groups is 1. The molecule has 1 aromatic carbocycles. The molecule has 2 rings (SSSR count). The van der Waals surface area contributed by atoms with Crippen molar-refractivity contribution in [3.05, 3.63) is 35.6 Å². The number of rotatable bonds is 5. The molecular weight excluding hydrogens is 259 g/mol. The van der Waals surface area contributed by atoms with Crippen molar-refractivity contribution in [3.63, 3.8) is 0 Å². The standard InChI is InChI=1S/C15H21FN2O2/c16-13-7-5-12(6-8-13)14(11-3-1-2-4-11)18-15(20)17-9-10-19/h5-8,11,14,19H,1-4,9-10H2,(H2,17,18,20).